The number of piperidine rings is 1. The van der Waals surface area contributed by atoms with E-state index < -0.39 is 0 Å². The zero-order valence-corrected chi connectivity index (χ0v) is 12.5. The number of hydrogen-bond acceptors (Lipinski definition) is 4. The minimum absolute atomic E-state index is 0.0695. The Kier molecular flexibility index (Phi) is 4.07. The van der Waals surface area contributed by atoms with E-state index in [4.69, 9.17) is 5.73 Å². The summed E-state index contributed by atoms with van der Waals surface area (Å²) in [6, 6.07) is 6.01. The van der Waals surface area contributed by atoms with Gasteiger partial charge in [0.2, 0.25) is 0 Å². The zero-order valence-electron chi connectivity index (χ0n) is 12.5. The van der Waals surface area contributed by atoms with Gasteiger partial charge in [0.25, 0.3) is 0 Å². The molecule has 0 bridgehead atoms. The lowest BCUT2D eigenvalue weighted by Crippen LogP contribution is -2.49. The van der Waals surface area contributed by atoms with Crippen molar-refractivity contribution in [2.45, 2.75) is 32.4 Å². The molecule has 0 spiro atoms. The number of fused-ring (bicyclic) bond motifs is 1. The van der Waals surface area contributed by atoms with E-state index in [-0.39, 0.29) is 5.69 Å². The van der Waals surface area contributed by atoms with Crippen molar-refractivity contribution in [2.75, 3.05) is 19.6 Å². The molecule has 1 aliphatic rings. The molecule has 1 aliphatic heterocycles. The monoisotopic (exact) mass is 289 g/mol. The Balaban J connectivity index is 1.74. The van der Waals surface area contributed by atoms with E-state index in [1.807, 2.05) is 18.2 Å². The molecule has 114 valence electrons. The SMILES string of the molecule is CC1CCCN(CCn2nc3ccccn3c2=O)C1CN. The van der Waals surface area contributed by atoms with Crippen molar-refractivity contribution in [1.82, 2.24) is 19.1 Å². The van der Waals surface area contributed by atoms with Crippen molar-refractivity contribution in [2.24, 2.45) is 11.7 Å². The first-order chi connectivity index (χ1) is 10.2. The fourth-order valence-electron chi connectivity index (χ4n) is 3.33. The van der Waals surface area contributed by atoms with Gasteiger partial charge in [-0.15, -0.1) is 5.10 Å². The normalized spacial score (nSPS) is 23.7. The molecule has 0 radical (unpaired) electrons. The molecule has 3 rings (SSSR count). The molecule has 0 amide bonds. The minimum atomic E-state index is -0.0695. The van der Waals surface area contributed by atoms with Crippen LogP contribution < -0.4 is 11.4 Å². The average molecular weight is 289 g/mol. The molecule has 21 heavy (non-hydrogen) atoms. The van der Waals surface area contributed by atoms with Crippen LogP contribution in [-0.2, 0) is 6.54 Å². The molecule has 2 unspecified atom stereocenters. The van der Waals surface area contributed by atoms with Crippen LogP contribution in [0.3, 0.4) is 0 Å². The first-order valence-corrected chi connectivity index (χ1v) is 7.69. The first-order valence-electron chi connectivity index (χ1n) is 7.69. The summed E-state index contributed by atoms with van der Waals surface area (Å²) in [7, 11) is 0. The summed E-state index contributed by atoms with van der Waals surface area (Å²) < 4.78 is 3.14. The van der Waals surface area contributed by atoms with Crippen LogP contribution in [-0.4, -0.2) is 44.8 Å². The number of likely N-dealkylation sites (tertiary alicyclic amines) is 1. The molecular formula is C15H23N5O. The summed E-state index contributed by atoms with van der Waals surface area (Å²) in [6.45, 7) is 5.45. The van der Waals surface area contributed by atoms with Gasteiger partial charge in [-0.1, -0.05) is 13.0 Å². The van der Waals surface area contributed by atoms with Crippen LogP contribution >= 0.6 is 0 Å². The maximum Gasteiger partial charge on any atom is 0.350 e. The number of rotatable bonds is 4. The second-order valence-electron chi connectivity index (χ2n) is 5.89. The number of hydrogen-bond donors (Lipinski definition) is 1. The van der Waals surface area contributed by atoms with Crippen molar-refractivity contribution in [1.29, 1.82) is 0 Å². The van der Waals surface area contributed by atoms with Crippen molar-refractivity contribution < 1.29 is 0 Å². The average Bonchev–Trinajstić information content (AvgIpc) is 2.82. The molecule has 2 aromatic rings. The van der Waals surface area contributed by atoms with E-state index in [0.29, 0.717) is 30.7 Å². The molecule has 0 aromatic carbocycles. The topological polar surface area (TPSA) is 68.6 Å². The van der Waals surface area contributed by atoms with Crippen LogP contribution in [0.4, 0.5) is 0 Å². The quantitative estimate of drug-likeness (QED) is 0.893. The Bertz CT molecular complexity index is 661. The lowest BCUT2D eigenvalue weighted by Gasteiger charge is -2.39. The molecule has 6 nitrogen and oxygen atoms in total. The summed E-state index contributed by atoms with van der Waals surface area (Å²) in [4.78, 5) is 14.6. The van der Waals surface area contributed by atoms with E-state index in [1.54, 1.807) is 15.3 Å². The van der Waals surface area contributed by atoms with Crippen molar-refractivity contribution in [3.05, 3.63) is 34.9 Å². The zero-order chi connectivity index (χ0) is 14.8. The first kappa shape index (κ1) is 14.3. The van der Waals surface area contributed by atoms with Gasteiger partial charge in [-0.3, -0.25) is 9.30 Å². The third kappa shape index (κ3) is 2.73. The van der Waals surface area contributed by atoms with Gasteiger partial charge in [0.05, 0.1) is 6.54 Å². The molecule has 0 saturated carbocycles. The highest BCUT2D eigenvalue weighted by molar-refractivity contribution is 5.35. The summed E-state index contributed by atoms with van der Waals surface area (Å²) in [5.41, 5.74) is 6.54. The van der Waals surface area contributed by atoms with E-state index in [2.05, 4.69) is 16.9 Å². The maximum absolute atomic E-state index is 12.2. The molecular weight excluding hydrogens is 266 g/mol. The van der Waals surface area contributed by atoms with Gasteiger partial charge >= 0.3 is 5.69 Å². The summed E-state index contributed by atoms with van der Waals surface area (Å²) >= 11 is 0. The summed E-state index contributed by atoms with van der Waals surface area (Å²) in [5, 5.41) is 4.38. The molecule has 6 heteroatoms. The second-order valence-corrected chi connectivity index (χ2v) is 5.89. The van der Waals surface area contributed by atoms with Gasteiger partial charge < -0.3 is 5.73 Å². The lowest BCUT2D eigenvalue weighted by atomic mass is 9.91. The van der Waals surface area contributed by atoms with E-state index in [9.17, 15) is 4.79 Å². The predicted octanol–water partition coefficient (Wildman–Crippen LogP) is 0.555. The Morgan fingerprint density at radius 1 is 1.38 bits per heavy atom. The molecule has 2 atom stereocenters. The number of aromatic nitrogens is 3. The Morgan fingerprint density at radius 3 is 3.00 bits per heavy atom. The highest BCUT2D eigenvalue weighted by Crippen LogP contribution is 2.22. The largest absolute Gasteiger partial charge is 0.350 e. The van der Waals surface area contributed by atoms with Crippen LogP contribution in [0.25, 0.3) is 5.65 Å². The van der Waals surface area contributed by atoms with Gasteiger partial charge in [0.1, 0.15) is 0 Å². The van der Waals surface area contributed by atoms with Gasteiger partial charge in [-0.05, 0) is 37.4 Å². The van der Waals surface area contributed by atoms with Gasteiger partial charge in [0.15, 0.2) is 5.65 Å². The third-order valence-corrected chi connectivity index (χ3v) is 4.56. The molecule has 2 aromatic heterocycles. The standard InChI is InChI=1S/C15H23N5O/c1-12-5-4-7-18(13(12)11-16)9-10-20-15(21)19-8-3-2-6-14(19)17-20/h2-3,6,8,12-13H,4-5,7,9-11,16H2,1H3. The van der Waals surface area contributed by atoms with E-state index in [0.717, 1.165) is 13.1 Å². The van der Waals surface area contributed by atoms with E-state index >= 15 is 0 Å². The van der Waals surface area contributed by atoms with Gasteiger partial charge in [-0.25, -0.2) is 9.48 Å². The Labute approximate surface area is 124 Å². The van der Waals surface area contributed by atoms with Crippen LogP contribution in [0.15, 0.2) is 29.2 Å². The van der Waals surface area contributed by atoms with E-state index in [1.165, 1.54) is 12.8 Å². The molecule has 2 N–H and O–H groups in total. The van der Waals surface area contributed by atoms with Crippen LogP contribution in [0.2, 0.25) is 0 Å². The number of nitrogens with zero attached hydrogens (tertiary/aromatic N) is 4. The summed E-state index contributed by atoms with van der Waals surface area (Å²) in [6.07, 6.45) is 4.21. The summed E-state index contributed by atoms with van der Waals surface area (Å²) in [5.74, 6) is 0.626. The third-order valence-electron chi connectivity index (χ3n) is 4.56. The number of pyridine rings is 1. The number of nitrogens with two attached hydrogens (primary N) is 1. The van der Waals surface area contributed by atoms with Crippen molar-refractivity contribution >= 4 is 5.65 Å². The predicted molar refractivity (Wildman–Crippen MR) is 82.3 cm³/mol. The maximum atomic E-state index is 12.2. The van der Waals surface area contributed by atoms with Crippen molar-refractivity contribution in [3.8, 4) is 0 Å². The molecule has 1 fully saturated rings. The Hall–Kier alpha value is -1.66. The van der Waals surface area contributed by atoms with Gasteiger partial charge in [0, 0.05) is 25.3 Å². The molecule has 3 heterocycles. The lowest BCUT2D eigenvalue weighted by molar-refractivity contribution is 0.101. The Morgan fingerprint density at radius 2 is 2.24 bits per heavy atom. The molecule has 0 aliphatic carbocycles. The second kappa shape index (κ2) is 5.99. The fourth-order valence-corrected chi connectivity index (χ4v) is 3.33. The van der Waals surface area contributed by atoms with Crippen LogP contribution in [0, 0.1) is 5.92 Å². The molecule has 1 saturated heterocycles. The highest BCUT2D eigenvalue weighted by atomic mass is 16.2. The minimum Gasteiger partial charge on any atom is -0.329 e. The van der Waals surface area contributed by atoms with Crippen LogP contribution in [0.1, 0.15) is 19.8 Å². The highest BCUT2D eigenvalue weighted by Gasteiger charge is 2.27. The van der Waals surface area contributed by atoms with Gasteiger partial charge in [-0.2, -0.15) is 0 Å². The fraction of sp³-hybridized carbons (Fsp3) is 0.600. The van der Waals surface area contributed by atoms with Crippen LogP contribution in [0.5, 0.6) is 0 Å². The smallest absolute Gasteiger partial charge is 0.329 e. The van der Waals surface area contributed by atoms with Crippen molar-refractivity contribution in [3.63, 3.8) is 0 Å².